The third kappa shape index (κ3) is 4.42. The van der Waals surface area contributed by atoms with Gasteiger partial charge in [0.25, 0.3) is 5.56 Å². The van der Waals surface area contributed by atoms with Crippen LogP contribution in [0.4, 0.5) is 5.95 Å². The molecule has 4 aromatic rings. The summed E-state index contributed by atoms with van der Waals surface area (Å²) in [6.07, 6.45) is -0.916. The van der Waals surface area contributed by atoms with E-state index >= 15 is 0 Å². The molecule has 9 nitrogen and oxygen atoms in total. The molecule has 0 aliphatic rings. The number of hydrogen-bond donors (Lipinski definition) is 3. The first-order chi connectivity index (χ1) is 15.4. The van der Waals surface area contributed by atoms with Crippen molar-refractivity contribution < 1.29 is 9.84 Å². The predicted octanol–water partition coefficient (Wildman–Crippen LogP) is 1.78. The highest BCUT2D eigenvalue weighted by Gasteiger charge is 2.20. The average molecular weight is 435 g/mol. The first-order valence-electron chi connectivity index (χ1n) is 10.3. The van der Waals surface area contributed by atoms with Crippen molar-refractivity contribution in [1.29, 1.82) is 0 Å². The number of benzene rings is 2. The fourth-order valence-corrected chi connectivity index (χ4v) is 3.49. The molecule has 0 fully saturated rings. The molecule has 2 heterocycles. The minimum atomic E-state index is -0.916. The number of aromatic nitrogens is 4. The molecule has 0 saturated carbocycles. The van der Waals surface area contributed by atoms with Crippen LogP contribution in [0.5, 0.6) is 5.75 Å². The number of aromatic amines is 1. The topological polar surface area (TPSA) is 114 Å². The highest BCUT2D eigenvalue weighted by Crippen LogP contribution is 2.19. The predicted molar refractivity (Wildman–Crippen MR) is 122 cm³/mol. The maximum absolute atomic E-state index is 12.6. The summed E-state index contributed by atoms with van der Waals surface area (Å²) in [4.78, 5) is 31.4. The molecule has 32 heavy (non-hydrogen) atoms. The second-order valence-corrected chi connectivity index (χ2v) is 7.61. The van der Waals surface area contributed by atoms with Gasteiger partial charge in [0.15, 0.2) is 11.2 Å². The van der Waals surface area contributed by atoms with Crippen LogP contribution in [0.2, 0.25) is 0 Å². The molecule has 1 atom stereocenters. The fourth-order valence-electron chi connectivity index (χ4n) is 3.49. The van der Waals surface area contributed by atoms with Crippen LogP contribution in [-0.4, -0.2) is 36.9 Å². The van der Waals surface area contributed by atoms with E-state index in [1.165, 1.54) is 11.6 Å². The smallest absolute Gasteiger partial charge is 0.329 e. The van der Waals surface area contributed by atoms with E-state index in [0.29, 0.717) is 18.2 Å². The normalized spacial score (nSPS) is 12.1. The fraction of sp³-hybridized carbons (Fsp3) is 0.261. The molecule has 0 saturated heterocycles. The van der Waals surface area contributed by atoms with Gasteiger partial charge in [-0.1, -0.05) is 48.5 Å². The summed E-state index contributed by atoms with van der Waals surface area (Å²) >= 11 is 0. The quantitative estimate of drug-likeness (QED) is 0.389. The van der Waals surface area contributed by atoms with Crippen molar-refractivity contribution in [3.05, 3.63) is 86.6 Å². The van der Waals surface area contributed by atoms with E-state index in [0.717, 1.165) is 11.1 Å². The molecule has 2 aromatic carbocycles. The van der Waals surface area contributed by atoms with E-state index in [-0.39, 0.29) is 24.3 Å². The monoisotopic (exact) mass is 435 g/mol. The van der Waals surface area contributed by atoms with Gasteiger partial charge in [0, 0.05) is 13.6 Å². The van der Waals surface area contributed by atoms with Gasteiger partial charge in [-0.25, -0.2) is 4.79 Å². The lowest BCUT2D eigenvalue weighted by Gasteiger charge is -2.16. The summed E-state index contributed by atoms with van der Waals surface area (Å²) in [5, 5.41) is 13.9. The van der Waals surface area contributed by atoms with Gasteiger partial charge in [-0.15, -0.1) is 0 Å². The lowest BCUT2D eigenvalue weighted by molar-refractivity contribution is 0.0935. The summed E-state index contributed by atoms with van der Waals surface area (Å²) in [5.74, 6) is 1.07. The number of rotatable bonds is 8. The molecule has 0 bridgehead atoms. The van der Waals surface area contributed by atoms with Crippen LogP contribution in [0.1, 0.15) is 11.1 Å². The van der Waals surface area contributed by atoms with Gasteiger partial charge in [-0.3, -0.25) is 14.3 Å². The van der Waals surface area contributed by atoms with Gasteiger partial charge < -0.3 is 19.7 Å². The van der Waals surface area contributed by atoms with E-state index in [9.17, 15) is 14.7 Å². The van der Waals surface area contributed by atoms with Crippen LogP contribution in [-0.2, 0) is 20.1 Å². The first-order valence-corrected chi connectivity index (χ1v) is 10.3. The highest BCUT2D eigenvalue weighted by atomic mass is 16.5. The zero-order chi connectivity index (χ0) is 22.7. The largest absolute Gasteiger partial charge is 0.491 e. The molecule has 0 radical (unpaired) electrons. The molecule has 0 spiro atoms. The summed E-state index contributed by atoms with van der Waals surface area (Å²) in [5.41, 5.74) is 1.32. The summed E-state index contributed by atoms with van der Waals surface area (Å²) in [6.45, 7) is 2.48. The van der Waals surface area contributed by atoms with Gasteiger partial charge in [0.1, 0.15) is 18.5 Å². The Labute approximate surface area is 183 Å². The molecule has 2 aromatic heterocycles. The minimum absolute atomic E-state index is 0.0340. The Hall–Kier alpha value is -3.85. The van der Waals surface area contributed by atoms with Crippen LogP contribution in [0.15, 0.2) is 64.2 Å². The number of hydrogen-bond acceptors (Lipinski definition) is 6. The SMILES string of the molecule is Cc1ccccc1OC[C@H](O)Cn1c(NCc2ccccc2)nc2c1c(=O)[nH]c(=O)n2C. The molecule has 0 unspecified atom stereocenters. The number of fused-ring (bicyclic) bond motifs is 1. The van der Waals surface area contributed by atoms with Gasteiger partial charge in [0.2, 0.25) is 5.95 Å². The summed E-state index contributed by atoms with van der Waals surface area (Å²) < 4.78 is 8.62. The van der Waals surface area contributed by atoms with E-state index in [4.69, 9.17) is 4.74 Å². The number of para-hydroxylation sites is 1. The Balaban J connectivity index is 1.63. The van der Waals surface area contributed by atoms with E-state index < -0.39 is 17.4 Å². The molecule has 3 N–H and O–H groups in total. The van der Waals surface area contributed by atoms with Crippen molar-refractivity contribution in [2.75, 3.05) is 11.9 Å². The molecule has 0 amide bonds. The van der Waals surface area contributed by atoms with Crippen LogP contribution in [0, 0.1) is 6.92 Å². The van der Waals surface area contributed by atoms with Crippen molar-refractivity contribution in [2.24, 2.45) is 7.05 Å². The van der Waals surface area contributed by atoms with Crippen molar-refractivity contribution in [3.63, 3.8) is 0 Å². The van der Waals surface area contributed by atoms with E-state index in [2.05, 4.69) is 15.3 Å². The molecular formula is C23H25N5O4. The number of aryl methyl sites for hydroxylation is 2. The van der Waals surface area contributed by atoms with Crippen molar-refractivity contribution >= 4 is 17.1 Å². The average Bonchev–Trinajstić information content (AvgIpc) is 3.15. The third-order valence-electron chi connectivity index (χ3n) is 5.22. The third-order valence-corrected chi connectivity index (χ3v) is 5.22. The zero-order valence-corrected chi connectivity index (χ0v) is 17.9. The number of H-pyrrole nitrogens is 1. The molecular weight excluding hydrogens is 410 g/mol. The van der Waals surface area contributed by atoms with Crippen LogP contribution < -0.4 is 21.3 Å². The van der Waals surface area contributed by atoms with Crippen molar-refractivity contribution in [3.8, 4) is 5.75 Å². The first kappa shape index (κ1) is 21.4. The minimum Gasteiger partial charge on any atom is -0.491 e. The molecule has 9 heteroatoms. The molecule has 0 aliphatic heterocycles. The number of imidazole rings is 1. The lowest BCUT2D eigenvalue weighted by Crippen LogP contribution is -2.31. The van der Waals surface area contributed by atoms with Gasteiger partial charge in [0.05, 0.1) is 6.54 Å². The number of ether oxygens (including phenoxy) is 1. The Morgan fingerprint density at radius 1 is 1.12 bits per heavy atom. The van der Waals surface area contributed by atoms with Crippen LogP contribution in [0.3, 0.4) is 0 Å². The second-order valence-electron chi connectivity index (χ2n) is 7.61. The van der Waals surface area contributed by atoms with Gasteiger partial charge in [-0.05, 0) is 24.1 Å². The number of aliphatic hydroxyl groups is 1. The number of nitrogens with zero attached hydrogens (tertiary/aromatic N) is 3. The van der Waals surface area contributed by atoms with Crippen molar-refractivity contribution in [1.82, 2.24) is 19.1 Å². The molecule has 4 rings (SSSR count). The van der Waals surface area contributed by atoms with E-state index in [1.54, 1.807) is 4.57 Å². The number of anilines is 1. The molecule has 0 aliphatic carbocycles. The lowest BCUT2D eigenvalue weighted by atomic mass is 10.2. The molecule has 166 valence electrons. The Kier molecular flexibility index (Phi) is 6.09. The van der Waals surface area contributed by atoms with Gasteiger partial charge >= 0.3 is 5.69 Å². The van der Waals surface area contributed by atoms with Gasteiger partial charge in [-0.2, -0.15) is 4.98 Å². The Morgan fingerprint density at radius 3 is 2.59 bits per heavy atom. The highest BCUT2D eigenvalue weighted by molar-refractivity contribution is 5.74. The van der Waals surface area contributed by atoms with E-state index in [1.807, 2.05) is 61.5 Å². The van der Waals surface area contributed by atoms with Crippen LogP contribution in [0.25, 0.3) is 11.2 Å². The van der Waals surface area contributed by atoms with Crippen molar-refractivity contribution in [2.45, 2.75) is 26.1 Å². The zero-order valence-electron chi connectivity index (χ0n) is 17.9. The maximum Gasteiger partial charge on any atom is 0.329 e. The maximum atomic E-state index is 12.6. The van der Waals surface area contributed by atoms with Crippen LogP contribution >= 0.6 is 0 Å². The Bertz CT molecular complexity index is 1340. The summed E-state index contributed by atoms with van der Waals surface area (Å²) in [6, 6.07) is 17.3. The number of aliphatic hydroxyl groups excluding tert-OH is 1. The standard InChI is InChI=1S/C23H25N5O4/c1-15-8-6-7-11-18(15)32-14-17(29)13-28-19-20(27(2)23(31)26-21(19)30)25-22(28)24-12-16-9-4-3-5-10-16/h3-11,17,29H,12-14H2,1-2H3,(H,24,25)(H,26,30,31)/t17-/m1/s1. The second kappa shape index (κ2) is 9.11. The summed E-state index contributed by atoms with van der Waals surface area (Å²) in [7, 11) is 1.54. The number of nitrogens with one attached hydrogen (secondary N) is 2. The Morgan fingerprint density at radius 2 is 1.84 bits per heavy atom.